The SMILES string of the molecule is CC(CCCn1ccnc1)(NC1CC1)C(N)=O. The molecular formula is C12H20N4O. The highest BCUT2D eigenvalue weighted by atomic mass is 16.1. The number of nitrogens with zero attached hydrogens (tertiary/aromatic N) is 2. The third-order valence-corrected chi connectivity index (χ3v) is 3.30. The summed E-state index contributed by atoms with van der Waals surface area (Å²) in [5.74, 6) is -0.255. The summed E-state index contributed by atoms with van der Waals surface area (Å²) in [6.07, 6.45) is 9.46. The van der Waals surface area contributed by atoms with Gasteiger partial charge in [-0.1, -0.05) is 0 Å². The highest BCUT2D eigenvalue weighted by Gasteiger charge is 2.36. The summed E-state index contributed by atoms with van der Waals surface area (Å²) in [5.41, 5.74) is 4.92. The summed E-state index contributed by atoms with van der Waals surface area (Å²) in [6, 6.07) is 0.487. The number of carbonyl (C=O) groups is 1. The fraction of sp³-hybridized carbons (Fsp3) is 0.667. The topological polar surface area (TPSA) is 72.9 Å². The fourth-order valence-corrected chi connectivity index (χ4v) is 1.98. The molecule has 1 aliphatic rings. The van der Waals surface area contributed by atoms with Crippen LogP contribution >= 0.6 is 0 Å². The second-order valence-corrected chi connectivity index (χ2v) is 5.02. The van der Waals surface area contributed by atoms with E-state index < -0.39 is 5.54 Å². The second kappa shape index (κ2) is 4.87. The minimum absolute atomic E-state index is 0.255. The largest absolute Gasteiger partial charge is 0.368 e. The summed E-state index contributed by atoms with van der Waals surface area (Å²) in [5, 5.41) is 3.35. The fourth-order valence-electron chi connectivity index (χ4n) is 1.98. The molecule has 1 aromatic heterocycles. The zero-order valence-corrected chi connectivity index (χ0v) is 10.2. The van der Waals surface area contributed by atoms with E-state index >= 15 is 0 Å². The van der Waals surface area contributed by atoms with E-state index in [4.69, 9.17) is 5.73 Å². The first-order valence-electron chi connectivity index (χ1n) is 6.13. The van der Waals surface area contributed by atoms with E-state index in [0.717, 1.165) is 32.2 Å². The van der Waals surface area contributed by atoms with Crippen LogP contribution in [0.3, 0.4) is 0 Å². The highest BCUT2D eigenvalue weighted by Crippen LogP contribution is 2.24. The Bertz CT molecular complexity index is 372. The number of nitrogens with two attached hydrogens (primary N) is 1. The minimum atomic E-state index is -0.568. The van der Waals surface area contributed by atoms with Crippen molar-refractivity contribution < 1.29 is 4.79 Å². The molecule has 1 amide bonds. The number of aryl methyl sites for hydroxylation is 1. The van der Waals surface area contributed by atoms with Crippen LogP contribution in [-0.4, -0.2) is 27.0 Å². The van der Waals surface area contributed by atoms with E-state index in [2.05, 4.69) is 10.3 Å². The molecule has 0 spiro atoms. The number of aromatic nitrogens is 2. The molecule has 0 aromatic carbocycles. The van der Waals surface area contributed by atoms with Gasteiger partial charge in [0.15, 0.2) is 0 Å². The van der Waals surface area contributed by atoms with Crippen LogP contribution in [0.25, 0.3) is 0 Å². The molecule has 3 N–H and O–H groups in total. The van der Waals surface area contributed by atoms with Crippen molar-refractivity contribution >= 4 is 5.91 Å². The Morgan fingerprint density at radius 3 is 2.94 bits per heavy atom. The number of carbonyl (C=O) groups excluding carboxylic acids is 1. The first-order chi connectivity index (χ1) is 8.10. The van der Waals surface area contributed by atoms with Crippen molar-refractivity contribution in [1.29, 1.82) is 0 Å². The second-order valence-electron chi connectivity index (χ2n) is 5.02. The third-order valence-electron chi connectivity index (χ3n) is 3.30. The van der Waals surface area contributed by atoms with Crippen LogP contribution in [0.15, 0.2) is 18.7 Å². The lowest BCUT2D eigenvalue weighted by Gasteiger charge is -2.27. The van der Waals surface area contributed by atoms with E-state index in [-0.39, 0.29) is 5.91 Å². The van der Waals surface area contributed by atoms with Crippen LogP contribution in [-0.2, 0) is 11.3 Å². The number of rotatable bonds is 7. The normalized spacial score (nSPS) is 18.9. The molecule has 1 saturated carbocycles. The zero-order valence-electron chi connectivity index (χ0n) is 10.2. The van der Waals surface area contributed by atoms with E-state index in [0.29, 0.717) is 6.04 Å². The quantitative estimate of drug-likeness (QED) is 0.730. The number of nitrogens with one attached hydrogen (secondary N) is 1. The maximum absolute atomic E-state index is 11.5. The lowest BCUT2D eigenvalue weighted by Crippen LogP contribution is -2.54. The molecule has 1 heterocycles. The van der Waals surface area contributed by atoms with Crippen LogP contribution in [0, 0.1) is 0 Å². The van der Waals surface area contributed by atoms with Gasteiger partial charge in [0.2, 0.25) is 5.91 Å². The van der Waals surface area contributed by atoms with Gasteiger partial charge in [-0.25, -0.2) is 4.98 Å². The Labute approximate surface area is 101 Å². The average molecular weight is 236 g/mol. The molecule has 1 atom stereocenters. The molecule has 1 aliphatic carbocycles. The standard InChI is InChI=1S/C12H20N4O/c1-12(11(13)17,15-10-3-4-10)5-2-7-16-8-6-14-9-16/h6,8-10,15H,2-5,7H2,1H3,(H2,13,17). The van der Waals surface area contributed by atoms with E-state index in [9.17, 15) is 4.79 Å². The van der Waals surface area contributed by atoms with Crippen molar-refractivity contribution in [2.75, 3.05) is 0 Å². The average Bonchev–Trinajstić information content (AvgIpc) is 2.93. The maximum Gasteiger partial charge on any atom is 0.237 e. The molecule has 0 bridgehead atoms. The molecular weight excluding hydrogens is 216 g/mol. The van der Waals surface area contributed by atoms with Crippen LogP contribution in [0.4, 0.5) is 0 Å². The first kappa shape index (κ1) is 12.1. The molecule has 1 aromatic rings. The van der Waals surface area contributed by atoms with Crippen LogP contribution in [0.1, 0.15) is 32.6 Å². The summed E-state index contributed by atoms with van der Waals surface area (Å²) in [4.78, 5) is 15.5. The van der Waals surface area contributed by atoms with Gasteiger partial charge in [0, 0.05) is 25.0 Å². The van der Waals surface area contributed by atoms with Gasteiger partial charge in [-0.2, -0.15) is 0 Å². The van der Waals surface area contributed by atoms with Gasteiger partial charge in [0.1, 0.15) is 0 Å². The van der Waals surface area contributed by atoms with Crippen molar-refractivity contribution in [1.82, 2.24) is 14.9 Å². The zero-order chi connectivity index (χ0) is 12.3. The van der Waals surface area contributed by atoms with Crippen molar-refractivity contribution in [3.63, 3.8) is 0 Å². The lowest BCUT2D eigenvalue weighted by atomic mass is 9.94. The van der Waals surface area contributed by atoms with Gasteiger partial charge in [0.05, 0.1) is 11.9 Å². The Balaban J connectivity index is 1.82. The maximum atomic E-state index is 11.5. The van der Waals surface area contributed by atoms with Gasteiger partial charge in [0.25, 0.3) is 0 Å². The molecule has 0 saturated heterocycles. The summed E-state index contributed by atoms with van der Waals surface area (Å²) in [7, 11) is 0. The molecule has 5 nitrogen and oxygen atoms in total. The molecule has 1 fully saturated rings. The van der Waals surface area contributed by atoms with E-state index in [1.165, 1.54) is 0 Å². The van der Waals surface area contributed by atoms with Gasteiger partial charge in [-0.05, 0) is 32.6 Å². The molecule has 0 radical (unpaired) electrons. The van der Waals surface area contributed by atoms with E-state index in [1.54, 1.807) is 12.5 Å². The van der Waals surface area contributed by atoms with Crippen LogP contribution in [0.5, 0.6) is 0 Å². The van der Waals surface area contributed by atoms with Gasteiger partial charge in [-0.3, -0.25) is 4.79 Å². The van der Waals surface area contributed by atoms with Gasteiger partial charge < -0.3 is 15.6 Å². The lowest BCUT2D eigenvalue weighted by molar-refractivity contribution is -0.124. The number of hydrogen-bond acceptors (Lipinski definition) is 3. The monoisotopic (exact) mass is 236 g/mol. The predicted octanol–water partition coefficient (Wildman–Crippen LogP) is 0.659. The Morgan fingerprint density at radius 2 is 2.41 bits per heavy atom. The molecule has 0 aliphatic heterocycles. The van der Waals surface area contributed by atoms with E-state index in [1.807, 2.05) is 17.7 Å². The minimum Gasteiger partial charge on any atom is -0.368 e. The molecule has 2 rings (SSSR count). The van der Waals surface area contributed by atoms with Gasteiger partial charge >= 0.3 is 0 Å². The number of hydrogen-bond donors (Lipinski definition) is 2. The first-order valence-corrected chi connectivity index (χ1v) is 6.13. The number of primary amides is 1. The Hall–Kier alpha value is -1.36. The predicted molar refractivity (Wildman–Crippen MR) is 65.2 cm³/mol. The van der Waals surface area contributed by atoms with Crippen LogP contribution < -0.4 is 11.1 Å². The molecule has 1 unspecified atom stereocenters. The summed E-state index contributed by atoms with van der Waals surface area (Å²) in [6.45, 7) is 2.77. The van der Waals surface area contributed by atoms with Gasteiger partial charge in [-0.15, -0.1) is 0 Å². The summed E-state index contributed by atoms with van der Waals surface area (Å²) < 4.78 is 2.01. The number of amides is 1. The summed E-state index contributed by atoms with van der Waals surface area (Å²) >= 11 is 0. The molecule has 94 valence electrons. The van der Waals surface area contributed by atoms with Crippen molar-refractivity contribution in [2.45, 2.75) is 50.7 Å². The Morgan fingerprint density at radius 1 is 1.65 bits per heavy atom. The highest BCUT2D eigenvalue weighted by molar-refractivity contribution is 5.84. The van der Waals surface area contributed by atoms with Crippen molar-refractivity contribution in [2.24, 2.45) is 5.73 Å². The molecule has 17 heavy (non-hydrogen) atoms. The molecule has 5 heteroatoms. The smallest absolute Gasteiger partial charge is 0.237 e. The van der Waals surface area contributed by atoms with Crippen molar-refractivity contribution in [3.05, 3.63) is 18.7 Å². The Kier molecular flexibility index (Phi) is 3.47. The third kappa shape index (κ3) is 3.30. The van der Waals surface area contributed by atoms with Crippen LogP contribution in [0.2, 0.25) is 0 Å². The van der Waals surface area contributed by atoms with Crippen molar-refractivity contribution in [3.8, 4) is 0 Å². The number of imidazole rings is 1.